The summed E-state index contributed by atoms with van der Waals surface area (Å²) < 4.78 is 48.2. The second-order valence-corrected chi connectivity index (χ2v) is 11.4. The van der Waals surface area contributed by atoms with Crippen LogP contribution in [0.4, 0.5) is 0 Å². The van der Waals surface area contributed by atoms with Crippen molar-refractivity contribution in [2.75, 3.05) is 0 Å². The predicted molar refractivity (Wildman–Crippen MR) is 121 cm³/mol. The maximum Gasteiger partial charge on any atom is 0.136 e. The summed E-state index contributed by atoms with van der Waals surface area (Å²) in [5.74, 6) is 0. The molecule has 5 nitrogen and oxygen atoms in total. The van der Waals surface area contributed by atoms with Crippen molar-refractivity contribution in [3.8, 4) is 0 Å². The Morgan fingerprint density at radius 3 is 1.79 bits per heavy atom. The molecular weight excluding hydrogens is 480 g/mol. The molecule has 4 aromatic carbocycles. The number of benzene rings is 4. The molecule has 0 radical (unpaired) electrons. The molecule has 0 N–H and O–H groups in total. The van der Waals surface area contributed by atoms with Crippen LogP contribution in [0.25, 0.3) is 21.9 Å². The fraction of sp³-hybridized carbons (Fsp3) is 0. The molecule has 5 rings (SSSR count). The molecule has 0 aliphatic carbocycles. The number of rotatable bonds is 5. The lowest BCUT2D eigenvalue weighted by molar-refractivity contribution is -1.91. The zero-order valence-electron chi connectivity index (χ0n) is 17.1. The average Bonchev–Trinajstić information content (AvgIpc) is 2.83. The summed E-state index contributed by atoms with van der Waals surface area (Å²) in [6.45, 7) is 0. The van der Waals surface area contributed by atoms with Crippen molar-refractivity contribution in [2.45, 2.75) is 14.7 Å². The van der Waals surface area contributed by atoms with Crippen LogP contribution >= 0.6 is 22.5 Å². The van der Waals surface area contributed by atoms with Crippen LogP contribution in [-0.2, 0) is 3.74 Å². The first kappa shape index (κ1) is 22.1. The number of hydrogen-bond acceptors (Lipinski definition) is 6. The van der Waals surface area contributed by atoms with Crippen molar-refractivity contribution in [1.29, 1.82) is 0 Å². The SMILES string of the molecule is [O-][Cl+3]([O-])([O-])OS(c1ccccc1)(c1ccccc1)c1ccc2oc3ccccc3c(=S)c2c1. The fourth-order valence-electron chi connectivity index (χ4n) is 3.82. The smallest absolute Gasteiger partial charge is 0.136 e. The van der Waals surface area contributed by atoms with Gasteiger partial charge in [-0.2, -0.15) is 14.0 Å². The number of halogens is 1. The minimum Gasteiger partial charge on any atom is -0.456 e. The van der Waals surface area contributed by atoms with Gasteiger partial charge < -0.3 is 4.42 Å². The highest BCUT2D eigenvalue weighted by atomic mass is 35.7. The van der Waals surface area contributed by atoms with Crippen LogP contribution in [0, 0.1) is 14.8 Å². The molecule has 0 fully saturated rings. The third-order valence-corrected chi connectivity index (χ3v) is 9.80. The van der Waals surface area contributed by atoms with Crippen molar-refractivity contribution in [3.63, 3.8) is 0 Å². The molecule has 0 aliphatic heterocycles. The van der Waals surface area contributed by atoms with E-state index in [9.17, 15) is 14.0 Å². The number of hydrogen-bond donors (Lipinski definition) is 0. The van der Waals surface area contributed by atoms with Crippen molar-refractivity contribution in [3.05, 3.63) is 108 Å². The van der Waals surface area contributed by atoms with Gasteiger partial charge in [-0.1, -0.05) is 60.7 Å². The maximum atomic E-state index is 12.0. The van der Waals surface area contributed by atoms with Gasteiger partial charge in [0.25, 0.3) is 0 Å². The van der Waals surface area contributed by atoms with Gasteiger partial charge in [-0.05, 0) is 54.6 Å². The van der Waals surface area contributed by atoms with Crippen molar-refractivity contribution >= 4 is 44.5 Å². The van der Waals surface area contributed by atoms with Gasteiger partial charge >= 0.3 is 0 Å². The maximum absolute atomic E-state index is 12.0. The van der Waals surface area contributed by atoms with E-state index in [1.165, 1.54) is 0 Å². The van der Waals surface area contributed by atoms with E-state index in [1.54, 1.807) is 66.7 Å². The standard InChI is InChI=1S/C25H17ClO5S2/c27-26(28,29)31-33(18-9-3-1-4-10-18,19-11-5-2-6-12-19)20-15-16-24-22(17-20)25(32)21-13-7-8-14-23(21)30-24/h1-17H. The van der Waals surface area contributed by atoms with Crippen LogP contribution in [0.5, 0.6) is 0 Å². The lowest BCUT2D eigenvalue weighted by Gasteiger charge is -2.34. The summed E-state index contributed by atoms with van der Waals surface area (Å²) in [7, 11) is -7.72. The van der Waals surface area contributed by atoms with Gasteiger partial charge in [-0.15, -0.1) is 0 Å². The molecule has 0 atom stereocenters. The van der Waals surface area contributed by atoms with E-state index in [0.717, 1.165) is 5.39 Å². The zero-order chi connectivity index (χ0) is 23.1. The Morgan fingerprint density at radius 2 is 1.18 bits per heavy atom. The minimum atomic E-state index is -4.77. The monoisotopic (exact) mass is 496 g/mol. The normalized spacial score (nSPS) is 12.8. The molecule has 0 aliphatic rings. The second-order valence-electron chi connectivity index (χ2n) is 7.21. The summed E-state index contributed by atoms with van der Waals surface area (Å²) in [5.41, 5.74) is 1.21. The van der Waals surface area contributed by atoms with E-state index in [-0.39, 0.29) is 0 Å². The van der Waals surface area contributed by atoms with Crippen molar-refractivity contribution in [1.82, 2.24) is 0 Å². The molecule has 166 valence electrons. The molecule has 33 heavy (non-hydrogen) atoms. The van der Waals surface area contributed by atoms with Crippen LogP contribution in [-0.4, -0.2) is 0 Å². The Kier molecular flexibility index (Phi) is 5.72. The molecule has 1 heterocycles. The molecular formula is C25H17ClO5S2. The van der Waals surface area contributed by atoms with Gasteiger partial charge in [0.05, 0.1) is 25.1 Å². The van der Waals surface area contributed by atoms with Gasteiger partial charge in [0.1, 0.15) is 14.9 Å². The summed E-state index contributed by atoms with van der Waals surface area (Å²) >= 11 is 5.75. The topological polar surface area (TPSA) is 91.5 Å². The third kappa shape index (κ3) is 4.05. The van der Waals surface area contributed by atoms with Gasteiger partial charge in [0.15, 0.2) is 0 Å². The second kappa shape index (κ2) is 8.55. The third-order valence-electron chi connectivity index (χ3n) is 5.20. The molecule has 8 heteroatoms. The molecule has 0 saturated carbocycles. The lowest BCUT2D eigenvalue weighted by Crippen LogP contribution is -2.61. The molecule has 0 amide bonds. The summed E-state index contributed by atoms with van der Waals surface area (Å²) in [6, 6.07) is 30.5. The van der Waals surface area contributed by atoms with E-state index < -0.39 is 20.6 Å². The quantitative estimate of drug-likeness (QED) is 0.264. The van der Waals surface area contributed by atoms with Crippen LogP contribution in [0.3, 0.4) is 0 Å². The minimum absolute atomic E-state index is 0.510. The predicted octanol–water partition coefficient (Wildman–Crippen LogP) is 4.43. The van der Waals surface area contributed by atoms with Crippen LogP contribution in [0.15, 0.2) is 122 Å². The molecule has 5 aromatic rings. The summed E-state index contributed by atoms with van der Waals surface area (Å²) in [5, 5.41) is 1.40. The molecule has 0 bridgehead atoms. The van der Waals surface area contributed by atoms with Crippen LogP contribution in [0.2, 0.25) is 0 Å². The first-order valence-corrected chi connectivity index (χ1v) is 13.1. The van der Waals surface area contributed by atoms with E-state index in [0.29, 0.717) is 35.7 Å². The highest BCUT2D eigenvalue weighted by molar-refractivity contribution is 8.29. The number of para-hydroxylation sites is 1. The van der Waals surface area contributed by atoms with Gasteiger partial charge in [0.2, 0.25) is 0 Å². The van der Waals surface area contributed by atoms with E-state index in [1.807, 2.05) is 36.4 Å². The number of fused-ring (bicyclic) bond motifs is 2. The Bertz CT molecular complexity index is 1460. The highest BCUT2D eigenvalue weighted by Crippen LogP contribution is 2.70. The van der Waals surface area contributed by atoms with E-state index >= 15 is 0 Å². The van der Waals surface area contributed by atoms with Gasteiger partial charge in [-0.3, -0.25) is 0 Å². The van der Waals surface area contributed by atoms with E-state index in [4.69, 9.17) is 20.4 Å². The first-order chi connectivity index (χ1) is 15.9. The molecule has 1 aromatic heterocycles. The molecule has 0 unspecified atom stereocenters. The summed E-state index contributed by atoms with van der Waals surface area (Å²) in [4.78, 5) is 1.63. The van der Waals surface area contributed by atoms with E-state index in [2.05, 4.69) is 0 Å². The van der Waals surface area contributed by atoms with Gasteiger partial charge in [-0.25, -0.2) is 0 Å². The Hall–Kier alpha value is -2.75. The van der Waals surface area contributed by atoms with Crippen LogP contribution < -0.4 is 14.0 Å². The average molecular weight is 497 g/mol. The van der Waals surface area contributed by atoms with Crippen molar-refractivity contribution < 1.29 is 32.4 Å². The lowest BCUT2D eigenvalue weighted by atomic mass is 10.1. The highest BCUT2D eigenvalue weighted by Gasteiger charge is 2.46. The van der Waals surface area contributed by atoms with Crippen LogP contribution in [0.1, 0.15) is 0 Å². The molecule has 0 spiro atoms. The Labute approximate surface area is 198 Å². The first-order valence-electron chi connectivity index (χ1n) is 9.90. The fourth-order valence-corrected chi connectivity index (χ4v) is 8.39. The summed E-state index contributed by atoms with van der Waals surface area (Å²) in [6.07, 6.45) is 0. The Morgan fingerprint density at radius 1 is 0.636 bits per heavy atom. The Balaban J connectivity index is 1.87. The van der Waals surface area contributed by atoms with Crippen molar-refractivity contribution in [2.24, 2.45) is 0 Å². The van der Waals surface area contributed by atoms with Gasteiger partial charge in [0, 0.05) is 25.5 Å². The zero-order valence-corrected chi connectivity index (χ0v) is 19.4. The molecule has 0 saturated heterocycles. The largest absolute Gasteiger partial charge is 0.456 e.